The van der Waals surface area contributed by atoms with Gasteiger partial charge in [0.25, 0.3) is 0 Å². The summed E-state index contributed by atoms with van der Waals surface area (Å²) in [5.74, 6) is 0.970. The molecule has 1 aliphatic carbocycles. The van der Waals surface area contributed by atoms with Crippen molar-refractivity contribution in [2.24, 2.45) is 0 Å². The number of fused-ring (bicyclic) bond motifs is 1. The molecule has 2 N–H and O–H groups in total. The molecular weight excluding hydrogens is 212 g/mol. The second kappa shape index (κ2) is 5.00. The normalized spacial score (nSPS) is 20.9. The zero-order valence-electron chi connectivity index (χ0n) is 10.2. The zero-order valence-corrected chi connectivity index (χ0v) is 10.2. The van der Waals surface area contributed by atoms with E-state index >= 15 is 0 Å². The van der Waals surface area contributed by atoms with Crippen LogP contribution < -0.4 is 10.6 Å². The van der Waals surface area contributed by atoms with Crippen molar-refractivity contribution in [3.05, 3.63) is 17.3 Å². The van der Waals surface area contributed by atoms with Crippen LogP contribution in [-0.2, 0) is 13.0 Å². The minimum absolute atomic E-state index is 0.609. The molecule has 0 saturated heterocycles. The maximum atomic E-state index is 4.31. The number of nitrogens with zero attached hydrogens (tertiary/aromatic N) is 2. The van der Waals surface area contributed by atoms with Crippen molar-refractivity contribution in [1.82, 2.24) is 15.5 Å². The highest BCUT2D eigenvalue weighted by molar-refractivity contribution is 5.40. The van der Waals surface area contributed by atoms with E-state index in [2.05, 4.69) is 26.9 Å². The van der Waals surface area contributed by atoms with Crippen molar-refractivity contribution < 1.29 is 0 Å². The fourth-order valence-electron chi connectivity index (χ4n) is 2.78. The van der Waals surface area contributed by atoms with Crippen LogP contribution in [0.5, 0.6) is 0 Å². The highest BCUT2D eigenvalue weighted by atomic mass is 15.2. The summed E-state index contributed by atoms with van der Waals surface area (Å²) >= 11 is 0. The number of anilines is 1. The standard InChI is InChI=1S/C13H20N4/c1-2-4-11(5-3-1)15-13-8-10-6-7-14-9-12(10)16-17-13/h8,11,14H,1-7,9H2,(H,15,17). The summed E-state index contributed by atoms with van der Waals surface area (Å²) in [6.45, 7) is 1.92. The quantitative estimate of drug-likeness (QED) is 0.817. The average Bonchev–Trinajstić information content (AvgIpc) is 2.40. The molecule has 1 aromatic rings. The van der Waals surface area contributed by atoms with Gasteiger partial charge in [-0.15, -0.1) is 5.10 Å². The van der Waals surface area contributed by atoms with Gasteiger partial charge < -0.3 is 10.6 Å². The van der Waals surface area contributed by atoms with E-state index in [1.165, 1.54) is 37.7 Å². The molecule has 4 nitrogen and oxygen atoms in total. The van der Waals surface area contributed by atoms with Crippen molar-refractivity contribution in [3.8, 4) is 0 Å². The third kappa shape index (κ3) is 2.57. The van der Waals surface area contributed by atoms with Gasteiger partial charge in [0.2, 0.25) is 0 Å². The van der Waals surface area contributed by atoms with Crippen molar-refractivity contribution in [3.63, 3.8) is 0 Å². The lowest BCUT2D eigenvalue weighted by molar-refractivity contribution is 0.461. The predicted molar refractivity (Wildman–Crippen MR) is 67.9 cm³/mol. The predicted octanol–water partition coefficient (Wildman–Crippen LogP) is 1.87. The SMILES string of the molecule is c1c(NC2CCCCC2)nnc2c1CCNC2. The molecule has 2 aliphatic rings. The third-order valence-electron chi connectivity index (χ3n) is 3.78. The lowest BCUT2D eigenvalue weighted by atomic mass is 9.95. The average molecular weight is 232 g/mol. The van der Waals surface area contributed by atoms with Crippen molar-refractivity contribution in [1.29, 1.82) is 0 Å². The third-order valence-corrected chi connectivity index (χ3v) is 3.78. The van der Waals surface area contributed by atoms with Crippen LogP contribution in [0.15, 0.2) is 6.07 Å². The van der Waals surface area contributed by atoms with E-state index in [0.29, 0.717) is 6.04 Å². The highest BCUT2D eigenvalue weighted by Crippen LogP contribution is 2.21. The van der Waals surface area contributed by atoms with Gasteiger partial charge in [0.15, 0.2) is 0 Å². The van der Waals surface area contributed by atoms with Crippen molar-refractivity contribution >= 4 is 5.82 Å². The van der Waals surface area contributed by atoms with Gasteiger partial charge in [-0.25, -0.2) is 0 Å². The van der Waals surface area contributed by atoms with Crippen molar-refractivity contribution in [2.75, 3.05) is 11.9 Å². The fraction of sp³-hybridized carbons (Fsp3) is 0.692. The van der Waals surface area contributed by atoms with E-state index in [1.807, 2.05) is 0 Å². The Balaban J connectivity index is 1.70. The van der Waals surface area contributed by atoms with Gasteiger partial charge in [0.1, 0.15) is 5.82 Å². The molecule has 17 heavy (non-hydrogen) atoms. The monoisotopic (exact) mass is 232 g/mol. The molecule has 0 amide bonds. The van der Waals surface area contributed by atoms with E-state index < -0.39 is 0 Å². The maximum absolute atomic E-state index is 4.31. The van der Waals surface area contributed by atoms with Gasteiger partial charge in [-0.3, -0.25) is 0 Å². The summed E-state index contributed by atoms with van der Waals surface area (Å²) in [4.78, 5) is 0. The topological polar surface area (TPSA) is 49.8 Å². The summed E-state index contributed by atoms with van der Waals surface area (Å²) in [6.07, 6.45) is 7.71. The lowest BCUT2D eigenvalue weighted by Crippen LogP contribution is -2.27. The minimum Gasteiger partial charge on any atom is -0.366 e. The zero-order chi connectivity index (χ0) is 11.5. The van der Waals surface area contributed by atoms with E-state index in [4.69, 9.17) is 0 Å². The number of hydrogen-bond acceptors (Lipinski definition) is 4. The van der Waals surface area contributed by atoms with Gasteiger partial charge in [-0.2, -0.15) is 5.10 Å². The summed E-state index contributed by atoms with van der Waals surface area (Å²) < 4.78 is 0. The van der Waals surface area contributed by atoms with Gasteiger partial charge in [-0.1, -0.05) is 19.3 Å². The smallest absolute Gasteiger partial charge is 0.149 e. The van der Waals surface area contributed by atoms with Crippen LogP contribution in [0.25, 0.3) is 0 Å². The molecule has 0 radical (unpaired) electrons. The Labute approximate surface area is 102 Å². The van der Waals surface area contributed by atoms with Crippen LogP contribution in [0, 0.1) is 0 Å². The van der Waals surface area contributed by atoms with Crippen LogP contribution >= 0.6 is 0 Å². The molecule has 4 heteroatoms. The number of hydrogen-bond donors (Lipinski definition) is 2. The van der Waals surface area contributed by atoms with E-state index in [9.17, 15) is 0 Å². The molecule has 1 saturated carbocycles. The highest BCUT2D eigenvalue weighted by Gasteiger charge is 2.16. The van der Waals surface area contributed by atoms with E-state index in [1.54, 1.807) is 0 Å². The Hall–Kier alpha value is -1.16. The Kier molecular flexibility index (Phi) is 3.22. The number of rotatable bonds is 2. The summed E-state index contributed by atoms with van der Waals surface area (Å²) in [6, 6.07) is 2.80. The molecular formula is C13H20N4. The Morgan fingerprint density at radius 1 is 1.18 bits per heavy atom. The summed E-state index contributed by atoms with van der Waals surface area (Å²) in [5.41, 5.74) is 2.47. The molecule has 0 aromatic carbocycles. The molecule has 0 atom stereocenters. The van der Waals surface area contributed by atoms with Crippen LogP contribution in [0.2, 0.25) is 0 Å². The Bertz CT molecular complexity index is 385. The molecule has 1 fully saturated rings. The van der Waals surface area contributed by atoms with Crippen LogP contribution in [0.4, 0.5) is 5.82 Å². The summed E-state index contributed by atoms with van der Waals surface area (Å²) in [5, 5.41) is 15.5. The molecule has 92 valence electrons. The largest absolute Gasteiger partial charge is 0.366 e. The second-order valence-electron chi connectivity index (χ2n) is 5.11. The maximum Gasteiger partial charge on any atom is 0.149 e. The van der Waals surface area contributed by atoms with Crippen molar-refractivity contribution in [2.45, 2.75) is 51.1 Å². The molecule has 0 bridgehead atoms. The first-order chi connectivity index (χ1) is 8.42. The first-order valence-corrected chi connectivity index (χ1v) is 6.74. The molecule has 2 heterocycles. The Morgan fingerprint density at radius 3 is 2.94 bits per heavy atom. The first-order valence-electron chi connectivity index (χ1n) is 6.74. The number of aromatic nitrogens is 2. The van der Waals surface area contributed by atoms with Gasteiger partial charge in [0.05, 0.1) is 5.69 Å². The van der Waals surface area contributed by atoms with E-state index in [0.717, 1.165) is 31.0 Å². The number of nitrogens with one attached hydrogen (secondary N) is 2. The molecule has 3 rings (SSSR count). The molecule has 0 spiro atoms. The van der Waals surface area contributed by atoms with Crippen LogP contribution in [0.3, 0.4) is 0 Å². The molecule has 0 unspecified atom stereocenters. The van der Waals surface area contributed by atoms with Gasteiger partial charge in [-0.05, 0) is 37.4 Å². The van der Waals surface area contributed by atoms with Crippen LogP contribution in [0.1, 0.15) is 43.4 Å². The van der Waals surface area contributed by atoms with Crippen LogP contribution in [-0.4, -0.2) is 22.8 Å². The molecule has 1 aliphatic heterocycles. The van der Waals surface area contributed by atoms with Gasteiger partial charge in [0, 0.05) is 12.6 Å². The van der Waals surface area contributed by atoms with Gasteiger partial charge >= 0.3 is 0 Å². The fourth-order valence-corrected chi connectivity index (χ4v) is 2.78. The summed E-state index contributed by atoms with van der Waals surface area (Å²) in [7, 11) is 0. The molecule has 1 aromatic heterocycles. The lowest BCUT2D eigenvalue weighted by Gasteiger charge is -2.24. The Morgan fingerprint density at radius 2 is 2.06 bits per heavy atom. The second-order valence-corrected chi connectivity index (χ2v) is 5.11. The minimum atomic E-state index is 0.609. The first kappa shape index (κ1) is 11.0. The van der Waals surface area contributed by atoms with E-state index in [-0.39, 0.29) is 0 Å².